The van der Waals surface area contributed by atoms with Gasteiger partial charge in [0.1, 0.15) is 0 Å². The maximum atomic E-state index is 12.2. The lowest BCUT2D eigenvalue weighted by atomic mass is 10.0. The molecule has 118 valence electrons. The van der Waals surface area contributed by atoms with E-state index in [2.05, 4.69) is 23.5 Å². The molecule has 0 fully saturated rings. The van der Waals surface area contributed by atoms with Gasteiger partial charge in [-0.2, -0.15) is 0 Å². The molecule has 1 amide bonds. The minimum absolute atomic E-state index is 0.0230. The Bertz CT molecular complexity index is 553. The number of carbonyl (C=O) groups excluding carboxylic acids is 1. The van der Waals surface area contributed by atoms with Gasteiger partial charge in [-0.1, -0.05) is 36.4 Å². The largest absolute Gasteiger partial charge is 0.380 e. The van der Waals surface area contributed by atoms with Crippen molar-refractivity contribution in [2.24, 2.45) is 5.73 Å². The Morgan fingerprint density at radius 2 is 2.05 bits per heavy atom. The highest BCUT2D eigenvalue weighted by molar-refractivity contribution is 7.10. The number of amides is 1. The van der Waals surface area contributed by atoms with Crippen molar-refractivity contribution >= 4 is 17.2 Å². The van der Waals surface area contributed by atoms with Crippen LogP contribution < -0.4 is 11.1 Å². The zero-order valence-electron chi connectivity index (χ0n) is 12.7. The second-order valence-corrected chi connectivity index (χ2v) is 6.10. The molecule has 1 aromatic heterocycles. The van der Waals surface area contributed by atoms with Crippen LogP contribution in [-0.2, 0) is 16.0 Å². The predicted molar refractivity (Wildman–Crippen MR) is 89.8 cm³/mol. The number of rotatable bonds is 8. The molecule has 0 aliphatic rings. The third kappa shape index (κ3) is 4.94. The minimum Gasteiger partial charge on any atom is -0.380 e. The van der Waals surface area contributed by atoms with Gasteiger partial charge in [-0.3, -0.25) is 4.79 Å². The average molecular weight is 318 g/mol. The zero-order valence-corrected chi connectivity index (χ0v) is 13.5. The van der Waals surface area contributed by atoms with E-state index in [-0.39, 0.29) is 24.5 Å². The minimum atomic E-state index is -0.235. The van der Waals surface area contributed by atoms with E-state index in [1.807, 2.05) is 29.6 Å². The van der Waals surface area contributed by atoms with Crippen molar-refractivity contribution in [2.45, 2.75) is 25.0 Å². The SMILES string of the molecule is COC(CN)CC(=O)NC(Cc1ccccc1)c1cccs1. The van der Waals surface area contributed by atoms with E-state index in [0.717, 1.165) is 11.3 Å². The van der Waals surface area contributed by atoms with Gasteiger partial charge in [0, 0.05) is 18.5 Å². The van der Waals surface area contributed by atoms with E-state index in [1.54, 1.807) is 18.4 Å². The number of ether oxygens (including phenoxy) is 1. The van der Waals surface area contributed by atoms with Crippen molar-refractivity contribution in [3.63, 3.8) is 0 Å². The second-order valence-electron chi connectivity index (χ2n) is 5.12. The van der Waals surface area contributed by atoms with Crippen LogP contribution in [0.2, 0.25) is 0 Å². The molecule has 1 aromatic carbocycles. The first-order chi connectivity index (χ1) is 10.7. The van der Waals surface area contributed by atoms with Gasteiger partial charge in [-0.25, -0.2) is 0 Å². The van der Waals surface area contributed by atoms with Crippen LogP contribution in [0.5, 0.6) is 0 Å². The maximum Gasteiger partial charge on any atom is 0.223 e. The topological polar surface area (TPSA) is 64.3 Å². The number of hydrogen-bond acceptors (Lipinski definition) is 4. The molecule has 0 bridgehead atoms. The third-order valence-electron chi connectivity index (χ3n) is 3.51. The van der Waals surface area contributed by atoms with Gasteiger partial charge in [-0.15, -0.1) is 11.3 Å². The standard InChI is InChI=1S/C17H22N2O2S/c1-21-14(12-18)11-17(20)19-15(16-8-5-9-22-16)10-13-6-3-2-4-7-13/h2-9,14-15H,10-12,18H2,1H3,(H,19,20). The molecule has 2 atom stereocenters. The Balaban J connectivity index is 2.04. The molecular formula is C17H22N2O2S. The third-order valence-corrected chi connectivity index (χ3v) is 4.50. The first-order valence-corrected chi connectivity index (χ1v) is 8.20. The Morgan fingerprint density at radius 3 is 2.64 bits per heavy atom. The van der Waals surface area contributed by atoms with Crippen molar-refractivity contribution in [1.82, 2.24) is 5.32 Å². The first-order valence-electron chi connectivity index (χ1n) is 7.32. The quantitative estimate of drug-likeness (QED) is 0.786. The van der Waals surface area contributed by atoms with E-state index in [1.165, 1.54) is 5.56 Å². The lowest BCUT2D eigenvalue weighted by Gasteiger charge is -2.19. The molecule has 0 aliphatic heterocycles. The maximum absolute atomic E-state index is 12.2. The van der Waals surface area contributed by atoms with E-state index in [4.69, 9.17) is 10.5 Å². The van der Waals surface area contributed by atoms with Crippen LogP contribution in [0, 0.1) is 0 Å². The van der Waals surface area contributed by atoms with Crippen LogP contribution in [0.4, 0.5) is 0 Å². The lowest BCUT2D eigenvalue weighted by Crippen LogP contribution is -2.35. The molecule has 2 aromatic rings. The number of methoxy groups -OCH3 is 1. The van der Waals surface area contributed by atoms with Gasteiger partial charge in [0.2, 0.25) is 5.91 Å². The fourth-order valence-corrected chi connectivity index (χ4v) is 3.06. The van der Waals surface area contributed by atoms with Crippen molar-refractivity contribution < 1.29 is 9.53 Å². The van der Waals surface area contributed by atoms with Gasteiger partial charge < -0.3 is 15.8 Å². The fourth-order valence-electron chi connectivity index (χ4n) is 2.29. The molecule has 0 saturated heterocycles. The van der Waals surface area contributed by atoms with Gasteiger partial charge >= 0.3 is 0 Å². The van der Waals surface area contributed by atoms with Crippen molar-refractivity contribution in [2.75, 3.05) is 13.7 Å². The normalized spacial score (nSPS) is 13.5. The molecular weight excluding hydrogens is 296 g/mol. The molecule has 0 radical (unpaired) electrons. The number of thiophene rings is 1. The Kier molecular flexibility index (Phi) is 6.58. The second kappa shape index (κ2) is 8.68. The summed E-state index contributed by atoms with van der Waals surface area (Å²) in [7, 11) is 1.57. The van der Waals surface area contributed by atoms with Crippen LogP contribution in [0.3, 0.4) is 0 Å². The molecule has 3 N–H and O–H groups in total. The molecule has 5 heteroatoms. The predicted octanol–water partition coefficient (Wildman–Crippen LogP) is 2.51. The van der Waals surface area contributed by atoms with Crippen LogP contribution >= 0.6 is 11.3 Å². The summed E-state index contributed by atoms with van der Waals surface area (Å²) in [5, 5.41) is 5.13. The number of nitrogens with two attached hydrogens (primary N) is 1. The van der Waals surface area contributed by atoms with E-state index >= 15 is 0 Å². The first kappa shape index (κ1) is 16.7. The molecule has 0 saturated carbocycles. The van der Waals surface area contributed by atoms with E-state index < -0.39 is 0 Å². The molecule has 0 spiro atoms. The summed E-state index contributed by atoms with van der Waals surface area (Å²) >= 11 is 1.65. The molecule has 4 nitrogen and oxygen atoms in total. The van der Waals surface area contributed by atoms with Crippen molar-refractivity contribution in [1.29, 1.82) is 0 Å². The van der Waals surface area contributed by atoms with Gasteiger partial charge in [0.25, 0.3) is 0 Å². The van der Waals surface area contributed by atoms with Crippen molar-refractivity contribution in [3.05, 3.63) is 58.3 Å². The monoisotopic (exact) mass is 318 g/mol. The number of hydrogen-bond donors (Lipinski definition) is 2. The number of carbonyl (C=O) groups is 1. The Labute approximate surface area is 135 Å². The Morgan fingerprint density at radius 1 is 1.27 bits per heavy atom. The van der Waals surface area contributed by atoms with Gasteiger partial charge in [-0.05, 0) is 23.4 Å². The van der Waals surface area contributed by atoms with Crippen LogP contribution in [0.25, 0.3) is 0 Å². The molecule has 0 aliphatic carbocycles. The molecule has 2 unspecified atom stereocenters. The summed E-state index contributed by atoms with van der Waals surface area (Å²) in [6.07, 6.45) is 0.817. The van der Waals surface area contributed by atoms with Crippen LogP contribution in [0.1, 0.15) is 22.9 Å². The summed E-state index contributed by atoms with van der Waals surface area (Å²) in [6, 6.07) is 14.2. The Hall–Kier alpha value is -1.69. The highest BCUT2D eigenvalue weighted by Crippen LogP contribution is 2.23. The summed E-state index contributed by atoms with van der Waals surface area (Å²) in [4.78, 5) is 13.4. The molecule has 22 heavy (non-hydrogen) atoms. The fraction of sp³-hybridized carbons (Fsp3) is 0.353. The summed E-state index contributed by atoms with van der Waals surface area (Å²) in [5.41, 5.74) is 6.78. The highest BCUT2D eigenvalue weighted by atomic mass is 32.1. The van der Waals surface area contributed by atoms with Crippen LogP contribution in [0.15, 0.2) is 47.8 Å². The summed E-state index contributed by atoms with van der Waals surface area (Å²) < 4.78 is 5.18. The van der Waals surface area contributed by atoms with Crippen molar-refractivity contribution in [3.8, 4) is 0 Å². The summed E-state index contributed by atoms with van der Waals surface area (Å²) in [6.45, 7) is 0.340. The number of benzene rings is 1. The smallest absolute Gasteiger partial charge is 0.223 e. The zero-order chi connectivity index (χ0) is 15.8. The van der Waals surface area contributed by atoms with E-state index in [9.17, 15) is 4.79 Å². The number of nitrogens with one attached hydrogen (secondary N) is 1. The summed E-state index contributed by atoms with van der Waals surface area (Å²) in [5.74, 6) is -0.0355. The average Bonchev–Trinajstić information content (AvgIpc) is 3.07. The van der Waals surface area contributed by atoms with E-state index in [0.29, 0.717) is 6.54 Å². The molecule has 2 rings (SSSR count). The van der Waals surface area contributed by atoms with Gasteiger partial charge in [0.15, 0.2) is 0 Å². The lowest BCUT2D eigenvalue weighted by molar-refractivity contribution is -0.124. The van der Waals surface area contributed by atoms with Gasteiger partial charge in [0.05, 0.1) is 18.6 Å². The molecule has 1 heterocycles. The van der Waals surface area contributed by atoms with Crippen LogP contribution in [-0.4, -0.2) is 25.7 Å². The highest BCUT2D eigenvalue weighted by Gasteiger charge is 2.18.